The third kappa shape index (κ3) is 4.85. The van der Waals surface area contributed by atoms with Crippen molar-refractivity contribution in [3.05, 3.63) is 22.4 Å². The molecule has 3 heteroatoms. The Hall–Kier alpha value is -0.280. The normalized spacial score (nSPS) is 13.9. The first-order valence-corrected chi connectivity index (χ1v) is 6.85. The van der Waals surface area contributed by atoms with Crippen molar-refractivity contribution in [2.24, 2.45) is 0 Å². The minimum Gasteiger partial charge on any atom is -0.300 e. The Morgan fingerprint density at radius 1 is 1.53 bits per heavy atom. The standard InChI is InChI=1S/C12H18OS2/c1-9(13)8-11(15-12(2,3)4)10-6-5-7-14-10/h5-7,11H,8H2,1-4H3/t11-/m0/s1. The van der Waals surface area contributed by atoms with E-state index in [1.165, 1.54) is 4.88 Å². The highest BCUT2D eigenvalue weighted by molar-refractivity contribution is 8.00. The van der Waals surface area contributed by atoms with Crippen molar-refractivity contribution in [3.8, 4) is 0 Å². The molecule has 0 aliphatic rings. The topological polar surface area (TPSA) is 17.1 Å². The SMILES string of the molecule is CC(=O)C[C@H](SC(C)(C)C)c1cccs1. The summed E-state index contributed by atoms with van der Waals surface area (Å²) in [7, 11) is 0. The maximum absolute atomic E-state index is 11.2. The molecule has 0 N–H and O–H groups in total. The van der Waals surface area contributed by atoms with E-state index in [9.17, 15) is 4.79 Å². The molecule has 0 unspecified atom stereocenters. The summed E-state index contributed by atoms with van der Waals surface area (Å²) in [4.78, 5) is 12.5. The van der Waals surface area contributed by atoms with Gasteiger partial charge in [0.2, 0.25) is 0 Å². The first kappa shape index (κ1) is 12.8. The Kier molecular flexibility index (Phi) is 4.41. The molecular weight excluding hydrogens is 224 g/mol. The lowest BCUT2D eigenvalue weighted by Gasteiger charge is -2.24. The second-order valence-corrected chi connectivity index (χ2v) is 7.65. The Labute approximate surface area is 100 Å². The molecule has 0 spiro atoms. The lowest BCUT2D eigenvalue weighted by Crippen LogP contribution is -2.12. The summed E-state index contributed by atoms with van der Waals surface area (Å²) in [6.45, 7) is 8.25. The van der Waals surface area contributed by atoms with Crippen molar-refractivity contribution in [2.45, 2.75) is 44.1 Å². The number of Topliss-reactive ketones (excluding diaryl/α,β-unsaturated/α-hetero) is 1. The summed E-state index contributed by atoms with van der Waals surface area (Å²) < 4.78 is 0.199. The molecule has 0 aliphatic carbocycles. The smallest absolute Gasteiger partial charge is 0.131 e. The van der Waals surface area contributed by atoms with E-state index in [4.69, 9.17) is 0 Å². The largest absolute Gasteiger partial charge is 0.300 e. The lowest BCUT2D eigenvalue weighted by molar-refractivity contribution is -0.117. The first-order valence-electron chi connectivity index (χ1n) is 5.09. The van der Waals surface area contributed by atoms with Gasteiger partial charge in [0.25, 0.3) is 0 Å². The molecule has 84 valence electrons. The van der Waals surface area contributed by atoms with Crippen molar-refractivity contribution >= 4 is 28.9 Å². The molecule has 0 saturated carbocycles. The predicted octanol–water partition coefficient (Wildman–Crippen LogP) is 4.30. The van der Waals surface area contributed by atoms with Crippen LogP contribution in [-0.4, -0.2) is 10.5 Å². The zero-order chi connectivity index (χ0) is 11.5. The van der Waals surface area contributed by atoms with Gasteiger partial charge in [0.15, 0.2) is 0 Å². The molecule has 0 aromatic carbocycles. The van der Waals surface area contributed by atoms with Crippen molar-refractivity contribution in [2.75, 3.05) is 0 Å². The molecule has 1 aromatic heterocycles. The molecule has 0 saturated heterocycles. The van der Waals surface area contributed by atoms with Crippen LogP contribution in [0.25, 0.3) is 0 Å². The van der Waals surface area contributed by atoms with Crippen LogP contribution in [0.1, 0.15) is 44.2 Å². The molecule has 0 fully saturated rings. The average Bonchev–Trinajstić information content (AvgIpc) is 2.50. The van der Waals surface area contributed by atoms with Gasteiger partial charge in [-0.3, -0.25) is 4.79 Å². The Morgan fingerprint density at radius 3 is 2.60 bits per heavy atom. The highest BCUT2D eigenvalue weighted by Gasteiger charge is 2.22. The number of ketones is 1. The van der Waals surface area contributed by atoms with Crippen molar-refractivity contribution < 1.29 is 4.79 Å². The van der Waals surface area contributed by atoms with Gasteiger partial charge >= 0.3 is 0 Å². The van der Waals surface area contributed by atoms with Crippen LogP contribution in [0, 0.1) is 0 Å². The van der Waals surface area contributed by atoms with Crippen molar-refractivity contribution in [3.63, 3.8) is 0 Å². The van der Waals surface area contributed by atoms with Gasteiger partial charge in [-0.05, 0) is 18.4 Å². The molecule has 1 atom stereocenters. The van der Waals surface area contributed by atoms with Crippen molar-refractivity contribution in [1.82, 2.24) is 0 Å². The van der Waals surface area contributed by atoms with Crippen LogP contribution >= 0.6 is 23.1 Å². The molecule has 15 heavy (non-hydrogen) atoms. The summed E-state index contributed by atoms with van der Waals surface area (Å²) in [6.07, 6.45) is 0.641. The fraction of sp³-hybridized carbons (Fsp3) is 0.583. The van der Waals surface area contributed by atoms with E-state index < -0.39 is 0 Å². The molecule has 0 radical (unpaired) electrons. The number of carbonyl (C=O) groups excluding carboxylic acids is 1. The van der Waals surface area contributed by atoms with Crippen LogP contribution in [0.3, 0.4) is 0 Å². The predicted molar refractivity (Wildman–Crippen MR) is 69.7 cm³/mol. The highest BCUT2D eigenvalue weighted by atomic mass is 32.2. The first-order chi connectivity index (χ1) is 6.88. The van der Waals surface area contributed by atoms with E-state index in [0.29, 0.717) is 11.7 Å². The number of rotatable bonds is 4. The highest BCUT2D eigenvalue weighted by Crippen LogP contribution is 2.42. The minimum absolute atomic E-state index is 0.199. The summed E-state index contributed by atoms with van der Waals surface area (Å²) in [5.41, 5.74) is 0. The molecule has 1 aromatic rings. The summed E-state index contributed by atoms with van der Waals surface area (Å²) >= 11 is 3.62. The quantitative estimate of drug-likeness (QED) is 0.783. The number of hydrogen-bond donors (Lipinski definition) is 0. The van der Waals surface area contributed by atoms with E-state index in [-0.39, 0.29) is 10.5 Å². The van der Waals surface area contributed by atoms with Crippen LogP contribution in [0.2, 0.25) is 0 Å². The zero-order valence-corrected chi connectivity index (χ0v) is 11.4. The van der Waals surface area contributed by atoms with Gasteiger partial charge in [-0.2, -0.15) is 0 Å². The van der Waals surface area contributed by atoms with Crippen LogP contribution in [-0.2, 0) is 4.79 Å². The summed E-state index contributed by atoms with van der Waals surface area (Å²) in [5, 5.41) is 2.40. The van der Waals surface area contributed by atoms with Gasteiger partial charge in [-0.25, -0.2) is 0 Å². The van der Waals surface area contributed by atoms with Crippen LogP contribution in [0.4, 0.5) is 0 Å². The van der Waals surface area contributed by atoms with Crippen LogP contribution in [0.5, 0.6) is 0 Å². The Morgan fingerprint density at radius 2 is 2.20 bits per heavy atom. The van der Waals surface area contributed by atoms with Crippen LogP contribution in [0.15, 0.2) is 17.5 Å². The third-order valence-corrected chi connectivity index (χ3v) is 4.38. The van der Waals surface area contributed by atoms with E-state index >= 15 is 0 Å². The summed E-state index contributed by atoms with van der Waals surface area (Å²) in [5.74, 6) is 0.269. The Balaban J connectivity index is 2.75. The third-order valence-electron chi connectivity index (χ3n) is 1.83. The minimum atomic E-state index is 0.199. The molecular formula is C12H18OS2. The maximum Gasteiger partial charge on any atom is 0.131 e. The second kappa shape index (κ2) is 5.17. The number of hydrogen-bond acceptors (Lipinski definition) is 3. The van der Waals surface area contributed by atoms with Gasteiger partial charge in [0, 0.05) is 21.3 Å². The summed E-state index contributed by atoms with van der Waals surface area (Å²) in [6, 6.07) is 4.17. The lowest BCUT2D eigenvalue weighted by atomic mass is 10.2. The van der Waals surface area contributed by atoms with Crippen molar-refractivity contribution in [1.29, 1.82) is 0 Å². The van der Waals surface area contributed by atoms with E-state index in [1.807, 2.05) is 11.8 Å². The average molecular weight is 242 g/mol. The van der Waals surface area contributed by atoms with E-state index in [0.717, 1.165) is 0 Å². The molecule has 1 heterocycles. The van der Waals surface area contributed by atoms with E-state index in [1.54, 1.807) is 18.3 Å². The van der Waals surface area contributed by atoms with Gasteiger partial charge in [-0.1, -0.05) is 26.8 Å². The zero-order valence-electron chi connectivity index (χ0n) is 9.74. The van der Waals surface area contributed by atoms with E-state index in [2.05, 4.69) is 38.3 Å². The molecule has 0 amide bonds. The molecule has 1 nitrogen and oxygen atoms in total. The maximum atomic E-state index is 11.2. The van der Waals surface area contributed by atoms with Gasteiger partial charge in [0.1, 0.15) is 5.78 Å². The van der Waals surface area contributed by atoms with Gasteiger partial charge < -0.3 is 0 Å². The number of thioether (sulfide) groups is 1. The fourth-order valence-corrected chi connectivity index (χ4v) is 3.75. The Bertz CT molecular complexity index is 309. The molecule has 0 bridgehead atoms. The van der Waals surface area contributed by atoms with Gasteiger partial charge in [0.05, 0.1) is 0 Å². The second-order valence-electron chi connectivity index (χ2n) is 4.64. The number of thiophene rings is 1. The fourth-order valence-electron chi connectivity index (χ4n) is 1.36. The molecule has 0 aliphatic heterocycles. The molecule has 1 rings (SSSR count). The monoisotopic (exact) mass is 242 g/mol. The van der Waals surface area contributed by atoms with Gasteiger partial charge in [-0.15, -0.1) is 23.1 Å². The van der Waals surface area contributed by atoms with Crippen LogP contribution < -0.4 is 0 Å². The number of carbonyl (C=O) groups is 1.